The predicted octanol–water partition coefficient (Wildman–Crippen LogP) is 5.55. The van der Waals surface area contributed by atoms with Crippen LogP contribution < -0.4 is 5.32 Å². The largest absolute Gasteiger partial charge is 0.328 e. The Morgan fingerprint density at radius 1 is 1.14 bits per heavy atom. The molecule has 4 nitrogen and oxygen atoms in total. The first-order valence-electron chi connectivity index (χ1n) is 10.3. The van der Waals surface area contributed by atoms with Gasteiger partial charge in [-0.3, -0.25) is 0 Å². The van der Waals surface area contributed by atoms with Crippen molar-refractivity contribution in [3.05, 3.63) is 57.6 Å². The monoisotopic (exact) mass is 428 g/mol. The van der Waals surface area contributed by atoms with Gasteiger partial charge in [-0.05, 0) is 36.0 Å². The van der Waals surface area contributed by atoms with Crippen molar-refractivity contribution in [1.29, 1.82) is 0 Å². The number of hydrogen-bond donors (Lipinski definition) is 1. The first-order valence-corrected chi connectivity index (χ1v) is 11.0. The average molecular weight is 429 g/mol. The second-order valence-corrected chi connectivity index (χ2v) is 10.6. The fourth-order valence-electron chi connectivity index (χ4n) is 4.66. The first-order chi connectivity index (χ1) is 13.8. The zero-order valence-electron chi connectivity index (χ0n) is 17.1. The maximum Gasteiger partial charge on any atom is 0.144 e. The summed E-state index contributed by atoms with van der Waals surface area (Å²) >= 11 is 12.7. The van der Waals surface area contributed by atoms with Crippen molar-refractivity contribution in [2.45, 2.75) is 51.5 Å². The van der Waals surface area contributed by atoms with Crippen molar-refractivity contribution >= 4 is 34.2 Å². The highest BCUT2D eigenvalue weighted by Crippen LogP contribution is 2.54. The maximum absolute atomic E-state index is 6.45. The van der Waals surface area contributed by atoms with Crippen LogP contribution in [0.3, 0.4) is 0 Å². The van der Waals surface area contributed by atoms with Gasteiger partial charge in [-0.2, -0.15) is 0 Å². The van der Waals surface area contributed by atoms with Crippen LogP contribution in [0.15, 0.2) is 30.5 Å². The minimum Gasteiger partial charge on any atom is -0.328 e. The van der Waals surface area contributed by atoms with Crippen molar-refractivity contribution in [1.82, 2.24) is 19.9 Å². The molecule has 0 atom stereocenters. The van der Waals surface area contributed by atoms with E-state index >= 15 is 0 Å². The summed E-state index contributed by atoms with van der Waals surface area (Å²) in [6.07, 6.45) is 4.55. The number of rotatable bonds is 3. The SMILES string of the molecule is CC(C)(C)c1nc(C2CC3(CNC3)C2)c2ccn(Cc3cccc(Cl)c3Cl)c2n1. The standard InChI is InChI=1S/C23H26Cl2N4/c1-22(2,3)21-27-19(15-9-23(10-15)12-26-13-23)16-7-8-29(20(16)28-21)11-14-5-4-6-17(24)18(14)25/h4-8,15,26H,9-13H2,1-3H3. The Labute approximate surface area is 181 Å². The Hall–Kier alpha value is -1.62. The normalized spacial score (nSPS) is 18.8. The second-order valence-electron chi connectivity index (χ2n) is 9.79. The zero-order valence-corrected chi connectivity index (χ0v) is 18.6. The summed E-state index contributed by atoms with van der Waals surface area (Å²) < 4.78 is 2.17. The third kappa shape index (κ3) is 3.26. The Kier molecular flexibility index (Phi) is 4.47. The summed E-state index contributed by atoms with van der Waals surface area (Å²) in [5.41, 5.74) is 3.61. The highest BCUT2D eigenvalue weighted by molar-refractivity contribution is 6.42. The van der Waals surface area contributed by atoms with E-state index in [9.17, 15) is 0 Å². The molecule has 0 unspecified atom stereocenters. The van der Waals surface area contributed by atoms with Crippen LogP contribution in [0.5, 0.6) is 0 Å². The molecule has 6 heteroatoms. The highest BCUT2D eigenvalue weighted by Gasteiger charge is 2.49. The van der Waals surface area contributed by atoms with Gasteiger partial charge >= 0.3 is 0 Å². The van der Waals surface area contributed by atoms with Gasteiger partial charge in [0.1, 0.15) is 11.5 Å². The number of benzene rings is 1. The zero-order chi connectivity index (χ0) is 20.4. The molecule has 1 spiro atoms. The minimum absolute atomic E-state index is 0.106. The topological polar surface area (TPSA) is 42.7 Å². The van der Waals surface area contributed by atoms with Crippen LogP contribution >= 0.6 is 23.2 Å². The molecule has 1 aliphatic heterocycles. The van der Waals surface area contributed by atoms with E-state index in [1.807, 2.05) is 18.2 Å². The van der Waals surface area contributed by atoms with Crippen LogP contribution in [0.4, 0.5) is 0 Å². The van der Waals surface area contributed by atoms with Crippen molar-refractivity contribution in [3.63, 3.8) is 0 Å². The molecule has 1 saturated heterocycles. The van der Waals surface area contributed by atoms with Crippen LogP contribution in [-0.2, 0) is 12.0 Å². The molecule has 3 aromatic rings. The molecule has 2 aromatic heterocycles. The van der Waals surface area contributed by atoms with E-state index in [1.165, 1.54) is 23.9 Å². The molecule has 1 saturated carbocycles. The maximum atomic E-state index is 6.45. The summed E-state index contributed by atoms with van der Waals surface area (Å²) in [6.45, 7) is 9.48. The number of aromatic nitrogens is 3. The number of nitrogens with zero attached hydrogens (tertiary/aromatic N) is 3. The lowest BCUT2D eigenvalue weighted by Crippen LogP contribution is -2.59. The fourth-order valence-corrected chi connectivity index (χ4v) is 5.04. The van der Waals surface area contributed by atoms with Crippen LogP contribution in [0.25, 0.3) is 11.0 Å². The third-order valence-electron chi connectivity index (χ3n) is 6.44. The van der Waals surface area contributed by atoms with E-state index in [-0.39, 0.29) is 5.41 Å². The predicted molar refractivity (Wildman–Crippen MR) is 119 cm³/mol. The van der Waals surface area contributed by atoms with Gasteiger partial charge in [-0.25, -0.2) is 9.97 Å². The Morgan fingerprint density at radius 3 is 2.55 bits per heavy atom. The summed E-state index contributed by atoms with van der Waals surface area (Å²) in [5, 5.41) is 5.79. The van der Waals surface area contributed by atoms with E-state index in [0.29, 0.717) is 27.9 Å². The minimum atomic E-state index is -0.106. The molecule has 5 rings (SSSR count). The molecule has 1 aromatic carbocycles. The Morgan fingerprint density at radius 2 is 1.90 bits per heavy atom. The van der Waals surface area contributed by atoms with Crippen molar-refractivity contribution < 1.29 is 0 Å². The Bertz CT molecular complexity index is 1080. The molecule has 2 fully saturated rings. The van der Waals surface area contributed by atoms with E-state index in [4.69, 9.17) is 33.2 Å². The van der Waals surface area contributed by atoms with Gasteiger partial charge in [-0.1, -0.05) is 56.1 Å². The summed E-state index contributed by atoms with van der Waals surface area (Å²) in [5.74, 6) is 1.43. The number of fused-ring (bicyclic) bond motifs is 1. The molecule has 3 heterocycles. The van der Waals surface area contributed by atoms with Crippen LogP contribution in [0, 0.1) is 5.41 Å². The quantitative estimate of drug-likeness (QED) is 0.594. The fraction of sp³-hybridized carbons (Fsp3) is 0.478. The van der Waals surface area contributed by atoms with Crippen molar-refractivity contribution in [2.75, 3.05) is 13.1 Å². The van der Waals surface area contributed by atoms with Gasteiger partial charge in [0.15, 0.2) is 0 Å². The van der Waals surface area contributed by atoms with E-state index in [0.717, 1.165) is 30.1 Å². The molecule has 0 bridgehead atoms. The molecule has 2 aliphatic rings. The van der Waals surface area contributed by atoms with Crippen LogP contribution in [0.1, 0.15) is 56.6 Å². The van der Waals surface area contributed by atoms with Gasteiger partial charge in [0.2, 0.25) is 0 Å². The molecule has 1 aliphatic carbocycles. The van der Waals surface area contributed by atoms with E-state index in [2.05, 4.69) is 42.9 Å². The molecule has 0 radical (unpaired) electrons. The summed E-state index contributed by atoms with van der Waals surface area (Å²) in [7, 11) is 0. The van der Waals surface area contributed by atoms with Crippen LogP contribution in [0.2, 0.25) is 10.0 Å². The van der Waals surface area contributed by atoms with E-state index in [1.54, 1.807) is 0 Å². The lowest BCUT2D eigenvalue weighted by atomic mass is 9.57. The number of hydrogen-bond acceptors (Lipinski definition) is 3. The van der Waals surface area contributed by atoms with Crippen molar-refractivity contribution in [3.8, 4) is 0 Å². The Balaban J connectivity index is 1.58. The number of nitrogens with one attached hydrogen (secondary N) is 1. The van der Waals surface area contributed by atoms with Crippen LogP contribution in [-0.4, -0.2) is 27.6 Å². The average Bonchev–Trinajstić information content (AvgIpc) is 2.99. The lowest BCUT2D eigenvalue weighted by Gasteiger charge is -2.54. The van der Waals surface area contributed by atoms with Gasteiger partial charge in [-0.15, -0.1) is 0 Å². The molecular formula is C23H26Cl2N4. The smallest absolute Gasteiger partial charge is 0.144 e. The van der Waals surface area contributed by atoms with Gasteiger partial charge in [0, 0.05) is 36.0 Å². The lowest BCUT2D eigenvalue weighted by molar-refractivity contribution is 0.0351. The molecular weight excluding hydrogens is 403 g/mol. The van der Waals surface area contributed by atoms with Gasteiger partial charge < -0.3 is 9.88 Å². The van der Waals surface area contributed by atoms with E-state index < -0.39 is 0 Å². The molecule has 1 N–H and O–H groups in total. The highest BCUT2D eigenvalue weighted by atomic mass is 35.5. The van der Waals surface area contributed by atoms with Gasteiger partial charge in [0.05, 0.1) is 22.3 Å². The second kappa shape index (κ2) is 6.69. The summed E-state index contributed by atoms with van der Waals surface area (Å²) in [4.78, 5) is 10.1. The van der Waals surface area contributed by atoms with Crippen molar-refractivity contribution in [2.24, 2.45) is 5.41 Å². The van der Waals surface area contributed by atoms with Gasteiger partial charge in [0.25, 0.3) is 0 Å². The third-order valence-corrected chi connectivity index (χ3v) is 7.29. The molecule has 0 amide bonds. The molecule has 152 valence electrons. The summed E-state index contributed by atoms with van der Waals surface area (Å²) in [6, 6.07) is 7.95. The molecule has 29 heavy (non-hydrogen) atoms. The first kappa shape index (κ1) is 19.3. The number of halogens is 2.